The highest BCUT2D eigenvalue weighted by atomic mass is 16.4. The Hall–Kier alpha value is -3.18. The normalized spacial score (nSPS) is 12.1. The van der Waals surface area contributed by atoms with Crippen LogP contribution in [0.3, 0.4) is 0 Å². The van der Waals surface area contributed by atoms with Gasteiger partial charge >= 0.3 is 23.8 Å². The zero-order chi connectivity index (χ0) is 37.2. The molecule has 0 spiro atoms. The molecule has 0 saturated carbocycles. The highest BCUT2D eigenvalue weighted by Gasteiger charge is 2.27. The lowest BCUT2D eigenvalue weighted by Gasteiger charge is -2.17. The lowest BCUT2D eigenvalue weighted by molar-refractivity contribution is -0.147. The van der Waals surface area contributed by atoms with Gasteiger partial charge in [-0.2, -0.15) is 0 Å². The molecule has 50 heavy (non-hydrogen) atoms. The minimum absolute atomic E-state index is 0.0326. The Balaban J connectivity index is 4.15. The van der Waals surface area contributed by atoms with Crippen molar-refractivity contribution < 1.29 is 39.0 Å². The number of aliphatic carboxylic acids is 2. The number of rotatable bonds is 34. The second kappa shape index (κ2) is 33.0. The van der Waals surface area contributed by atoms with E-state index in [4.69, 9.17) is 0 Å². The van der Waals surface area contributed by atoms with Crippen LogP contribution in [0.2, 0.25) is 0 Å². The predicted molar refractivity (Wildman–Crippen MR) is 197 cm³/mol. The van der Waals surface area contributed by atoms with E-state index in [0.717, 1.165) is 38.5 Å². The van der Waals surface area contributed by atoms with Crippen LogP contribution in [0, 0.1) is 0 Å². The third kappa shape index (κ3) is 28.6. The number of amides is 4. The number of carboxylic acids is 2. The highest BCUT2D eigenvalue weighted by molar-refractivity contribution is 6.35. The summed E-state index contributed by atoms with van der Waals surface area (Å²) in [7, 11) is 0. The van der Waals surface area contributed by atoms with E-state index in [-0.39, 0.29) is 24.7 Å². The molecule has 0 rings (SSSR count). The molecule has 0 heterocycles. The fourth-order valence-electron chi connectivity index (χ4n) is 5.73. The Morgan fingerprint density at radius 2 is 0.720 bits per heavy atom. The number of hydrogen-bond donors (Lipinski definition) is 6. The van der Waals surface area contributed by atoms with E-state index in [0.29, 0.717) is 51.6 Å². The molecule has 0 bridgehead atoms. The second-order valence-electron chi connectivity index (χ2n) is 13.6. The molecule has 0 aliphatic heterocycles. The van der Waals surface area contributed by atoms with Gasteiger partial charge in [0.2, 0.25) is 11.8 Å². The molecule has 0 unspecified atom stereocenters. The van der Waals surface area contributed by atoms with Gasteiger partial charge in [-0.25, -0.2) is 9.59 Å². The first-order valence-electron chi connectivity index (χ1n) is 19.7. The van der Waals surface area contributed by atoms with Crippen LogP contribution < -0.4 is 21.3 Å². The standard InChI is InChI=1S/C38H70N4O8/c1-3-5-7-9-11-13-15-17-19-27-33(43)39-29-23-21-25-31(37(47)48)41-35(45)36(46)42-32(38(49)50)26-22-24-30-40-34(44)28-20-18-16-14-12-10-8-6-4-2/h31-32H,3-30H2,1-2H3,(H,39,43)(H,40,44)(H,41,45)(H,42,46)(H,47,48)(H,49,50)/t31-,32-/m1/s1. The molecule has 6 N–H and O–H groups in total. The van der Waals surface area contributed by atoms with Gasteiger partial charge in [-0.1, -0.05) is 117 Å². The lowest BCUT2D eigenvalue weighted by Crippen LogP contribution is -2.51. The smallest absolute Gasteiger partial charge is 0.326 e. The maximum atomic E-state index is 12.4. The summed E-state index contributed by atoms with van der Waals surface area (Å²) in [4.78, 5) is 72.2. The highest BCUT2D eigenvalue weighted by Crippen LogP contribution is 2.12. The Morgan fingerprint density at radius 1 is 0.420 bits per heavy atom. The van der Waals surface area contributed by atoms with Crippen molar-refractivity contribution in [1.29, 1.82) is 0 Å². The summed E-state index contributed by atoms with van der Waals surface area (Å²) in [5.41, 5.74) is 0. The minimum atomic E-state index is -1.33. The fraction of sp³-hybridized carbons (Fsp3) is 0.842. The number of carboxylic acid groups (broad SMARTS) is 2. The van der Waals surface area contributed by atoms with Gasteiger partial charge in [0, 0.05) is 25.9 Å². The van der Waals surface area contributed by atoms with Crippen molar-refractivity contribution in [3.63, 3.8) is 0 Å². The second-order valence-corrected chi connectivity index (χ2v) is 13.6. The first-order chi connectivity index (χ1) is 24.1. The molecular weight excluding hydrogens is 640 g/mol. The van der Waals surface area contributed by atoms with E-state index in [1.54, 1.807) is 0 Å². The van der Waals surface area contributed by atoms with Crippen LogP contribution in [0.25, 0.3) is 0 Å². The third-order valence-corrected chi connectivity index (χ3v) is 8.91. The molecule has 0 aromatic rings. The van der Waals surface area contributed by atoms with E-state index >= 15 is 0 Å². The molecular formula is C38H70N4O8. The molecule has 0 aliphatic rings. The molecule has 0 fully saturated rings. The van der Waals surface area contributed by atoms with E-state index in [2.05, 4.69) is 35.1 Å². The van der Waals surface area contributed by atoms with Crippen molar-refractivity contribution in [2.75, 3.05) is 13.1 Å². The van der Waals surface area contributed by atoms with Gasteiger partial charge in [-0.05, 0) is 51.4 Å². The molecule has 0 saturated heterocycles. The molecule has 12 nitrogen and oxygen atoms in total. The van der Waals surface area contributed by atoms with Gasteiger partial charge in [0.25, 0.3) is 0 Å². The summed E-state index contributed by atoms with van der Waals surface area (Å²) in [6.45, 7) is 5.19. The summed E-state index contributed by atoms with van der Waals surface area (Å²) in [5, 5.41) is 29.0. The Morgan fingerprint density at radius 3 is 1.02 bits per heavy atom. The van der Waals surface area contributed by atoms with E-state index in [1.807, 2.05) is 0 Å². The van der Waals surface area contributed by atoms with E-state index < -0.39 is 35.8 Å². The van der Waals surface area contributed by atoms with Gasteiger partial charge < -0.3 is 31.5 Å². The average molecular weight is 711 g/mol. The van der Waals surface area contributed by atoms with Crippen molar-refractivity contribution in [3.8, 4) is 0 Å². The van der Waals surface area contributed by atoms with E-state index in [1.165, 1.54) is 77.0 Å². The Bertz CT molecular complexity index is 872. The Labute approximate surface area is 301 Å². The molecule has 12 heteroatoms. The number of hydrogen-bond acceptors (Lipinski definition) is 6. The summed E-state index contributed by atoms with van der Waals surface area (Å²) in [6, 6.07) is -2.65. The first-order valence-corrected chi connectivity index (χ1v) is 19.7. The molecule has 0 aliphatic carbocycles. The molecule has 0 radical (unpaired) electrons. The first kappa shape index (κ1) is 46.8. The largest absolute Gasteiger partial charge is 0.480 e. The number of nitrogens with one attached hydrogen (secondary N) is 4. The zero-order valence-corrected chi connectivity index (χ0v) is 31.3. The Kier molecular flexibility index (Phi) is 30.9. The maximum absolute atomic E-state index is 12.4. The average Bonchev–Trinajstić information content (AvgIpc) is 3.08. The van der Waals surface area contributed by atoms with Crippen molar-refractivity contribution >= 4 is 35.6 Å². The molecule has 0 aromatic heterocycles. The number of carbonyl (C=O) groups is 6. The quantitative estimate of drug-likeness (QED) is 0.0320. The third-order valence-electron chi connectivity index (χ3n) is 8.91. The van der Waals surface area contributed by atoms with Crippen LogP contribution in [0.4, 0.5) is 0 Å². The molecule has 0 aromatic carbocycles. The van der Waals surface area contributed by atoms with Gasteiger partial charge in [-0.3, -0.25) is 19.2 Å². The molecule has 290 valence electrons. The number of carbonyl (C=O) groups excluding carboxylic acids is 4. The summed E-state index contributed by atoms with van der Waals surface area (Å²) in [5.74, 6) is -5.13. The van der Waals surface area contributed by atoms with Crippen LogP contribution in [0.5, 0.6) is 0 Å². The summed E-state index contributed by atoms with van der Waals surface area (Å²) >= 11 is 0. The molecule has 4 amide bonds. The fourth-order valence-corrected chi connectivity index (χ4v) is 5.73. The summed E-state index contributed by atoms with van der Waals surface area (Å²) < 4.78 is 0. The zero-order valence-electron chi connectivity index (χ0n) is 31.3. The predicted octanol–water partition coefficient (Wildman–Crippen LogP) is 6.54. The van der Waals surface area contributed by atoms with Gasteiger partial charge in [0.05, 0.1) is 0 Å². The summed E-state index contributed by atoms with van der Waals surface area (Å²) in [6.07, 6.45) is 24.0. The van der Waals surface area contributed by atoms with Gasteiger partial charge in [-0.15, -0.1) is 0 Å². The minimum Gasteiger partial charge on any atom is -0.480 e. The van der Waals surface area contributed by atoms with Crippen LogP contribution in [-0.2, 0) is 28.8 Å². The van der Waals surface area contributed by atoms with Crippen molar-refractivity contribution in [3.05, 3.63) is 0 Å². The van der Waals surface area contributed by atoms with Crippen molar-refractivity contribution in [2.45, 2.75) is 193 Å². The maximum Gasteiger partial charge on any atom is 0.326 e. The SMILES string of the molecule is CCCCCCCCCCCC(=O)NCCCC[C@@H](NC(=O)C(=O)N[C@H](CCCCNC(=O)CCCCCCCCCCC)C(=O)O)C(=O)O. The van der Waals surface area contributed by atoms with Crippen LogP contribution in [-0.4, -0.2) is 71.0 Å². The van der Waals surface area contributed by atoms with Gasteiger partial charge in [0.1, 0.15) is 12.1 Å². The van der Waals surface area contributed by atoms with Crippen LogP contribution >= 0.6 is 0 Å². The van der Waals surface area contributed by atoms with Gasteiger partial charge in [0.15, 0.2) is 0 Å². The topological polar surface area (TPSA) is 191 Å². The van der Waals surface area contributed by atoms with Crippen LogP contribution in [0.15, 0.2) is 0 Å². The monoisotopic (exact) mass is 711 g/mol. The number of unbranched alkanes of at least 4 members (excludes halogenated alkanes) is 18. The van der Waals surface area contributed by atoms with Crippen molar-refractivity contribution in [1.82, 2.24) is 21.3 Å². The lowest BCUT2D eigenvalue weighted by atomic mass is 10.1. The van der Waals surface area contributed by atoms with Crippen molar-refractivity contribution in [2.24, 2.45) is 0 Å². The van der Waals surface area contributed by atoms with E-state index in [9.17, 15) is 39.0 Å². The molecule has 2 atom stereocenters. The van der Waals surface area contributed by atoms with Crippen LogP contribution in [0.1, 0.15) is 181 Å².